The van der Waals surface area contributed by atoms with Crippen LogP contribution < -0.4 is 17.2 Å². The summed E-state index contributed by atoms with van der Waals surface area (Å²) in [6, 6.07) is 8.97. The van der Waals surface area contributed by atoms with E-state index in [0.717, 1.165) is 19.3 Å². The van der Waals surface area contributed by atoms with Crippen LogP contribution in [0, 0.1) is 0 Å². The molecule has 0 bridgehead atoms. The van der Waals surface area contributed by atoms with Crippen LogP contribution in [-0.4, -0.2) is 18.1 Å². The first kappa shape index (κ1) is 14.2. The Labute approximate surface area is 104 Å². The van der Waals surface area contributed by atoms with E-state index in [9.17, 15) is 0 Å². The highest BCUT2D eigenvalue weighted by molar-refractivity contribution is 5.23. The zero-order chi connectivity index (χ0) is 12.8. The molecule has 17 heavy (non-hydrogen) atoms. The lowest BCUT2D eigenvalue weighted by Crippen LogP contribution is -2.39. The molecule has 0 aromatic heterocycles. The summed E-state index contributed by atoms with van der Waals surface area (Å²) in [5.74, 6) is 0. The number of hydrogen-bond donors (Lipinski definition) is 3. The van der Waals surface area contributed by atoms with Crippen LogP contribution in [0.1, 0.15) is 31.4 Å². The van der Waals surface area contributed by atoms with Crippen LogP contribution in [0.5, 0.6) is 0 Å². The van der Waals surface area contributed by atoms with Crippen LogP contribution in [0.2, 0.25) is 0 Å². The van der Waals surface area contributed by atoms with Crippen molar-refractivity contribution in [1.29, 1.82) is 0 Å². The second-order valence-corrected chi connectivity index (χ2v) is 5.06. The predicted molar refractivity (Wildman–Crippen MR) is 73.7 cm³/mol. The molecule has 0 aliphatic carbocycles. The number of nitrogens with two attached hydrogens (primary N) is 3. The van der Waals surface area contributed by atoms with Crippen molar-refractivity contribution in [3.63, 3.8) is 0 Å². The second-order valence-electron chi connectivity index (χ2n) is 5.06. The quantitative estimate of drug-likeness (QED) is 0.693. The molecule has 3 heteroatoms. The Kier molecular flexibility index (Phi) is 5.62. The number of benzene rings is 1. The molecule has 1 aromatic rings. The van der Waals surface area contributed by atoms with Crippen molar-refractivity contribution in [3.8, 4) is 0 Å². The van der Waals surface area contributed by atoms with Gasteiger partial charge in [-0.2, -0.15) is 0 Å². The lowest BCUT2D eigenvalue weighted by atomic mass is 9.99. The molecule has 0 spiro atoms. The molecule has 0 heterocycles. The standard InChI is InChI=1S/C14H25N3/c1-10(15)9-13-5-3-12(4-6-13)7-8-14(17)11(2)16/h3-6,10-11,14H,7-9,15-17H2,1-2H3. The summed E-state index contributed by atoms with van der Waals surface area (Å²) in [5, 5.41) is 0. The van der Waals surface area contributed by atoms with Gasteiger partial charge in [0.2, 0.25) is 0 Å². The minimum atomic E-state index is 0.0624. The average Bonchev–Trinajstić information content (AvgIpc) is 2.26. The molecule has 1 aromatic carbocycles. The highest BCUT2D eigenvalue weighted by Gasteiger charge is 2.07. The summed E-state index contributed by atoms with van der Waals surface area (Å²) in [5.41, 5.74) is 20.0. The molecular weight excluding hydrogens is 210 g/mol. The van der Waals surface area contributed by atoms with Gasteiger partial charge in [-0.1, -0.05) is 24.3 Å². The van der Waals surface area contributed by atoms with Crippen molar-refractivity contribution in [2.24, 2.45) is 17.2 Å². The lowest BCUT2D eigenvalue weighted by molar-refractivity contribution is 0.524. The molecule has 0 radical (unpaired) electrons. The SMILES string of the molecule is CC(N)Cc1ccc(CCC(N)C(C)N)cc1. The maximum Gasteiger partial charge on any atom is 0.0192 e. The van der Waals surface area contributed by atoms with Gasteiger partial charge in [-0.15, -0.1) is 0 Å². The highest BCUT2D eigenvalue weighted by atomic mass is 14.8. The van der Waals surface area contributed by atoms with Crippen LogP contribution in [0.15, 0.2) is 24.3 Å². The zero-order valence-corrected chi connectivity index (χ0v) is 10.9. The summed E-state index contributed by atoms with van der Waals surface area (Å²) in [4.78, 5) is 0. The van der Waals surface area contributed by atoms with Crippen LogP contribution in [0.25, 0.3) is 0 Å². The van der Waals surface area contributed by atoms with Crippen molar-refractivity contribution in [2.75, 3.05) is 0 Å². The molecule has 3 nitrogen and oxygen atoms in total. The fraction of sp³-hybridized carbons (Fsp3) is 0.571. The van der Waals surface area contributed by atoms with E-state index in [2.05, 4.69) is 24.3 Å². The van der Waals surface area contributed by atoms with Gasteiger partial charge in [0.05, 0.1) is 0 Å². The van der Waals surface area contributed by atoms with E-state index in [-0.39, 0.29) is 18.1 Å². The first-order valence-corrected chi connectivity index (χ1v) is 6.33. The Morgan fingerprint density at radius 2 is 1.47 bits per heavy atom. The minimum Gasteiger partial charge on any atom is -0.328 e. The molecule has 96 valence electrons. The van der Waals surface area contributed by atoms with Gasteiger partial charge in [0.15, 0.2) is 0 Å². The Bertz CT molecular complexity index is 317. The largest absolute Gasteiger partial charge is 0.328 e. The van der Waals surface area contributed by atoms with Crippen LogP contribution in [-0.2, 0) is 12.8 Å². The molecule has 0 saturated carbocycles. The van der Waals surface area contributed by atoms with Crippen molar-refractivity contribution in [2.45, 2.75) is 51.2 Å². The van der Waals surface area contributed by atoms with Crippen molar-refractivity contribution in [3.05, 3.63) is 35.4 Å². The number of hydrogen-bond acceptors (Lipinski definition) is 3. The second kappa shape index (κ2) is 6.74. The first-order valence-electron chi connectivity index (χ1n) is 6.33. The Morgan fingerprint density at radius 1 is 0.941 bits per heavy atom. The van der Waals surface area contributed by atoms with Gasteiger partial charge in [0.1, 0.15) is 0 Å². The van der Waals surface area contributed by atoms with E-state index in [1.54, 1.807) is 0 Å². The van der Waals surface area contributed by atoms with E-state index < -0.39 is 0 Å². The number of rotatable bonds is 6. The summed E-state index contributed by atoms with van der Waals surface area (Å²) in [7, 11) is 0. The predicted octanol–water partition coefficient (Wildman–Crippen LogP) is 1.18. The Morgan fingerprint density at radius 3 is 1.94 bits per heavy atom. The third-order valence-corrected chi connectivity index (χ3v) is 3.02. The molecule has 3 unspecified atom stereocenters. The zero-order valence-electron chi connectivity index (χ0n) is 10.9. The summed E-state index contributed by atoms with van der Waals surface area (Å²) < 4.78 is 0. The molecule has 1 rings (SSSR count). The van der Waals surface area contributed by atoms with Gasteiger partial charge in [-0.05, 0) is 44.2 Å². The van der Waals surface area contributed by atoms with E-state index in [0.29, 0.717) is 0 Å². The van der Waals surface area contributed by atoms with Crippen molar-refractivity contribution >= 4 is 0 Å². The highest BCUT2D eigenvalue weighted by Crippen LogP contribution is 2.09. The maximum absolute atomic E-state index is 5.92. The third kappa shape index (κ3) is 5.31. The molecule has 0 amide bonds. The van der Waals surface area contributed by atoms with Gasteiger partial charge in [0, 0.05) is 18.1 Å². The summed E-state index contributed by atoms with van der Waals surface area (Å²) in [6.45, 7) is 3.98. The summed E-state index contributed by atoms with van der Waals surface area (Å²) >= 11 is 0. The monoisotopic (exact) mass is 235 g/mol. The molecule has 0 saturated heterocycles. The van der Waals surface area contributed by atoms with Crippen molar-refractivity contribution in [1.82, 2.24) is 0 Å². The van der Waals surface area contributed by atoms with Crippen LogP contribution >= 0.6 is 0 Å². The smallest absolute Gasteiger partial charge is 0.0192 e. The van der Waals surface area contributed by atoms with Gasteiger partial charge in [0.25, 0.3) is 0 Å². The molecule has 0 aliphatic heterocycles. The lowest BCUT2D eigenvalue weighted by Gasteiger charge is -2.15. The van der Waals surface area contributed by atoms with Gasteiger partial charge < -0.3 is 17.2 Å². The van der Waals surface area contributed by atoms with E-state index in [4.69, 9.17) is 17.2 Å². The molecule has 0 aliphatic rings. The fourth-order valence-corrected chi connectivity index (χ4v) is 1.81. The van der Waals surface area contributed by atoms with E-state index in [1.165, 1.54) is 11.1 Å². The molecule has 3 atom stereocenters. The van der Waals surface area contributed by atoms with Crippen molar-refractivity contribution < 1.29 is 0 Å². The van der Waals surface area contributed by atoms with Crippen LogP contribution in [0.4, 0.5) is 0 Å². The van der Waals surface area contributed by atoms with E-state index in [1.807, 2.05) is 13.8 Å². The Balaban J connectivity index is 2.45. The first-order chi connectivity index (χ1) is 7.99. The minimum absolute atomic E-state index is 0.0624. The maximum atomic E-state index is 5.92. The number of aryl methyl sites for hydroxylation is 1. The van der Waals surface area contributed by atoms with Gasteiger partial charge >= 0.3 is 0 Å². The van der Waals surface area contributed by atoms with Gasteiger partial charge in [-0.25, -0.2) is 0 Å². The third-order valence-electron chi connectivity index (χ3n) is 3.02. The normalized spacial score (nSPS) is 16.5. The summed E-state index contributed by atoms with van der Waals surface area (Å²) in [6.07, 6.45) is 2.85. The molecule has 0 fully saturated rings. The Hall–Kier alpha value is -0.900. The molecular formula is C14H25N3. The topological polar surface area (TPSA) is 78.1 Å². The fourth-order valence-electron chi connectivity index (χ4n) is 1.81. The average molecular weight is 235 g/mol. The van der Waals surface area contributed by atoms with E-state index >= 15 is 0 Å². The molecule has 6 N–H and O–H groups in total. The van der Waals surface area contributed by atoms with Gasteiger partial charge in [-0.3, -0.25) is 0 Å². The van der Waals surface area contributed by atoms with Crippen LogP contribution in [0.3, 0.4) is 0 Å².